The fourth-order valence-corrected chi connectivity index (χ4v) is 3.45. The molecular weight excluding hydrogens is 380 g/mol. The molecule has 2 heterocycles. The predicted molar refractivity (Wildman–Crippen MR) is 104 cm³/mol. The lowest BCUT2D eigenvalue weighted by molar-refractivity contribution is 0.683. The van der Waals surface area contributed by atoms with Crippen molar-refractivity contribution in [3.05, 3.63) is 40.6 Å². The number of halogens is 1. The minimum Gasteiger partial charge on any atom is -0.368 e. The summed E-state index contributed by atoms with van der Waals surface area (Å²) < 4.78 is 0.990. The summed E-state index contributed by atoms with van der Waals surface area (Å²) in [6.45, 7) is 1.79. The van der Waals surface area contributed by atoms with Gasteiger partial charge < -0.3 is 14.7 Å². The van der Waals surface area contributed by atoms with Crippen LogP contribution >= 0.6 is 15.9 Å². The van der Waals surface area contributed by atoms with Crippen LogP contribution in [0.3, 0.4) is 0 Å². The third-order valence-corrected chi connectivity index (χ3v) is 5.08. The second kappa shape index (κ2) is 7.28. The van der Waals surface area contributed by atoms with Crippen LogP contribution in [0.25, 0.3) is 0 Å². The van der Waals surface area contributed by atoms with Crippen molar-refractivity contribution in [1.29, 1.82) is 5.26 Å². The Hall–Kier alpha value is -2.33. The van der Waals surface area contributed by atoms with Gasteiger partial charge in [0.1, 0.15) is 24.0 Å². The Morgan fingerprint density at radius 1 is 1.20 bits per heavy atom. The first-order valence-corrected chi connectivity index (χ1v) is 8.95. The summed E-state index contributed by atoms with van der Waals surface area (Å²) in [5.41, 5.74) is 1.70. The van der Waals surface area contributed by atoms with Gasteiger partial charge in [-0.15, -0.1) is 0 Å². The fraction of sp³-hybridized carbons (Fsp3) is 0.389. The Kier molecular flexibility index (Phi) is 5.09. The molecule has 1 aromatic heterocycles. The summed E-state index contributed by atoms with van der Waals surface area (Å²) in [5.74, 6) is 1.81. The van der Waals surface area contributed by atoms with Gasteiger partial charge in [-0.1, -0.05) is 15.9 Å². The predicted octanol–water partition coefficient (Wildman–Crippen LogP) is 2.89. The molecule has 1 aromatic carbocycles. The van der Waals surface area contributed by atoms with E-state index in [0.29, 0.717) is 11.6 Å². The van der Waals surface area contributed by atoms with Crippen LogP contribution in [0, 0.1) is 11.3 Å². The van der Waals surface area contributed by atoms with Gasteiger partial charge in [0.2, 0.25) is 0 Å². The molecule has 0 radical (unpaired) electrons. The van der Waals surface area contributed by atoms with Gasteiger partial charge in [-0.2, -0.15) is 5.26 Å². The maximum Gasteiger partial charge on any atom is 0.134 e. The van der Waals surface area contributed by atoms with Gasteiger partial charge in [-0.25, -0.2) is 9.97 Å². The zero-order valence-electron chi connectivity index (χ0n) is 14.6. The first kappa shape index (κ1) is 17.5. The summed E-state index contributed by atoms with van der Waals surface area (Å²) in [6.07, 6.45) is 2.63. The third kappa shape index (κ3) is 3.69. The van der Waals surface area contributed by atoms with Crippen LogP contribution in [0.4, 0.5) is 17.3 Å². The second-order valence-electron chi connectivity index (χ2n) is 6.40. The molecule has 0 aliphatic carbocycles. The number of hydrogen-bond donors (Lipinski definition) is 0. The summed E-state index contributed by atoms with van der Waals surface area (Å²) in [7, 11) is 6.02. The highest BCUT2D eigenvalue weighted by Gasteiger charge is 2.28. The van der Waals surface area contributed by atoms with E-state index in [1.807, 2.05) is 43.3 Å². The lowest BCUT2D eigenvalue weighted by Gasteiger charge is -2.27. The van der Waals surface area contributed by atoms with E-state index in [-0.39, 0.29) is 0 Å². The molecule has 1 fully saturated rings. The Balaban J connectivity index is 1.78. The monoisotopic (exact) mass is 400 g/mol. The number of likely N-dealkylation sites (N-methyl/N-ethyl adjacent to an activating group) is 1. The molecule has 130 valence electrons. The molecule has 1 aliphatic heterocycles. The highest BCUT2D eigenvalue weighted by atomic mass is 79.9. The van der Waals surface area contributed by atoms with E-state index < -0.39 is 0 Å². The Bertz CT molecular complexity index is 800. The average molecular weight is 401 g/mol. The molecule has 0 bridgehead atoms. The van der Waals surface area contributed by atoms with Crippen LogP contribution in [0.2, 0.25) is 0 Å². The molecular formula is C18H21BrN6. The SMILES string of the molecule is CN(C)c1cc(N(C)C2CCN(c3cc(Br)ccc3C#N)C2)ncn1. The highest BCUT2D eigenvalue weighted by Crippen LogP contribution is 2.30. The summed E-state index contributed by atoms with van der Waals surface area (Å²) in [4.78, 5) is 15.2. The lowest BCUT2D eigenvalue weighted by atomic mass is 10.2. The van der Waals surface area contributed by atoms with Gasteiger partial charge in [-0.3, -0.25) is 0 Å². The molecule has 3 rings (SSSR count). The number of benzene rings is 1. The molecule has 25 heavy (non-hydrogen) atoms. The molecule has 0 amide bonds. The van der Waals surface area contributed by atoms with Crippen LogP contribution in [0.5, 0.6) is 0 Å². The van der Waals surface area contributed by atoms with Crippen molar-refractivity contribution in [3.63, 3.8) is 0 Å². The van der Waals surface area contributed by atoms with Crippen molar-refractivity contribution in [2.24, 2.45) is 0 Å². The molecule has 0 spiro atoms. The molecule has 0 saturated carbocycles. The highest BCUT2D eigenvalue weighted by molar-refractivity contribution is 9.10. The first-order chi connectivity index (χ1) is 12.0. The molecule has 1 aliphatic rings. The maximum absolute atomic E-state index is 9.38. The first-order valence-electron chi connectivity index (χ1n) is 8.16. The summed E-state index contributed by atoms with van der Waals surface area (Å²) >= 11 is 3.51. The van der Waals surface area contributed by atoms with Gasteiger partial charge in [0.25, 0.3) is 0 Å². The molecule has 1 saturated heterocycles. The normalized spacial score (nSPS) is 16.6. The lowest BCUT2D eigenvalue weighted by Crippen LogP contribution is -2.35. The van der Waals surface area contributed by atoms with Crippen molar-refractivity contribution >= 4 is 33.3 Å². The van der Waals surface area contributed by atoms with Gasteiger partial charge in [-0.05, 0) is 24.6 Å². The van der Waals surface area contributed by atoms with Crippen LogP contribution in [-0.4, -0.2) is 50.2 Å². The van der Waals surface area contributed by atoms with Crippen molar-refractivity contribution in [2.75, 3.05) is 48.9 Å². The third-order valence-electron chi connectivity index (χ3n) is 4.59. The zero-order chi connectivity index (χ0) is 18.0. The quantitative estimate of drug-likeness (QED) is 0.786. The fourth-order valence-electron chi connectivity index (χ4n) is 3.10. The number of hydrogen-bond acceptors (Lipinski definition) is 6. The van der Waals surface area contributed by atoms with E-state index in [1.165, 1.54) is 0 Å². The summed E-state index contributed by atoms with van der Waals surface area (Å²) in [6, 6.07) is 10.4. The standard InChI is InChI=1S/C18H21BrN6/c1-23(2)17-9-18(22-12-21-17)24(3)15-6-7-25(11-15)16-8-14(19)5-4-13(16)10-20/h4-5,8-9,12,15H,6-7,11H2,1-3H3. The average Bonchev–Trinajstić information content (AvgIpc) is 3.11. The smallest absolute Gasteiger partial charge is 0.134 e. The van der Waals surface area contributed by atoms with Crippen LogP contribution in [0.1, 0.15) is 12.0 Å². The van der Waals surface area contributed by atoms with Crippen LogP contribution < -0.4 is 14.7 Å². The van der Waals surface area contributed by atoms with E-state index in [0.717, 1.165) is 41.3 Å². The number of rotatable bonds is 4. The number of nitrogens with zero attached hydrogens (tertiary/aromatic N) is 6. The molecule has 6 nitrogen and oxygen atoms in total. The van der Waals surface area contributed by atoms with E-state index in [2.05, 4.69) is 48.8 Å². The Labute approximate surface area is 156 Å². The molecule has 0 N–H and O–H groups in total. The second-order valence-corrected chi connectivity index (χ2v) is 7.32. The molecule has 1 unspecified atom stereocenters. The Morgan fingerprint density at radius 2 is 1.96 bits per heavy atom. The van der Waals surface area contributed by atoms with Crippen molar-refractivity contribution < 1.29 is 0 Å². The van der Waals surface area contributed by atoms with Crippen molar-refractivity contribution in [2.45, 2.75) is 12.5 Å². The van der Waals surface area contributed by atoms with E-state index in [1.54, 1.807) is 6.33 Å². The minimum atomic E-state index is 0.343. The van der Waals surface area contributed by atoms with Crippen molar-refractivity contribution in [3.8, 4) is 6.07 Å². The van der Waals surface area contributed by atoms with Crippen LogP contribution in [-0.2, 0) is 0 Å². The largest absolute Gasteiger partial charge is 0.368 e. The molecule has 1 atom stereocenters. The Morgan fingerprint density at radius 3 is 2.68 bits per heavy atom. The number of nitriles is 1. The van der Waals surface area contributed by atoms with E-state index in [9.17, 15) is 5.26 Å². The minimum absolute atomic E-state index is 0.343. The van der Waals surface area contributed by atoms with Gasteiger partial charge >= 0.3 is 0 Å². The summed E-state index contributed by atoms with van der Waals surface area (Å²) in [5, 5.41) is 9.38. The maximum atomic E-state index is 9.38. The van der Waals surface area contributed by atoms with Gasteiger partial charge in [0, 0.05) is 50.8 Å². The van der Waals surface area contributed by atoms with E-state index in [4.69, 9.17) is 0 Å². The van der Waals surface area contributed by atoms with E-state index >= 15 is 0 Å². The molecule has 7 heteroatoms. The number of aromatic nitrogens is 2. The molecule has 2 aromatic rings. The number of anilines is 3. The van der Waals surface area contributed by atoms with Crippen LogP contribution in [0.15, 0.2) is 35.1 Å². The van der Waals surface area contributed by atoms with Gasteiger partial charge in [0.05, 0.1) is 11.3 Å². The van der Waals surface area contributed by atoms with Crippen molar-refractivity contribution in [1.82, 2.24) is 9.97 Å². The zero-order valence-corrected chi connectivity index (χ0v) is 16.2. The van der Waals surface area contributed by atoms with Gasteiger partial charge in [0.15, 0.2) is 0 Å². The topological polar surface area (TPSA) is 59.3 Å².